The number of benzene rings is 3. The van der Waals surface area contributed by atoms with Gasteiger partial charge in [0.1, 0.15) is 22.2 Å². The summed E-state index contributed by atoms with van der Waals surface area (Å²) in [5, 5.41) is 2.87. The molecule has 2 atom stereocenters. The van der Waals surface area contributed by atoms with Crippen LogP contribution in [0, 0.1) is 11.7 Å². The number of anilines is 1. The van der Waals surface area contributed by atoms with Gasteiger partial charge in [0.05, 0.1) is 25.3 Å². The minimum absolute atomic E-state index is 0.0164. The Morgan fingerprint density at radius 2 is 1.80 bits per heavy atom. The maximum absolute atomic E-state index is 14.0. The van der Waals surface area contributed by atoms with Gasteiger partial charge in [0.25, 0.3) is 5.91 Å². The summed E-state index contributed by atoms with van der Waals surface area (Å²) in [6.07, 6.45) is -0.0296. The van der Waals surface area contributed by atoms with Gasteiger partial charge in [-0.3, -0.25) is 9.59 Å². The molecule has 1 saturated heterocycles. The standard InChI is InChI=1S/C29H30FN3O6S/c1-38-25-14-13-22(30)16-27(25)40(36,37)32-15-7-10-21(18-32)29(35)33-19-26(39-24-12-6-5-11-23(24)33)28(34)31-17-20-8-3-2-4-9-20/h2-6,8-9,11-14,16,21,26H,7,10,15,17-19H2,1H3,(H,31,34)/t21-,26-/m1/s1. The van der Waals surface area contributed by atoms with Gasteiger partial charge in [-0.1, -0.05) is 42.5 Å². The summed E-state index contributed by atoms with van der Waals surface area (Å²) in [5.74, 6) is -1.61. The third-order valence-electron chi connectivity index (χ3n) is 7.12. The quantitative estimate of drug-likeness (QED) is 0.470. The molecule has 2 aliphatic rings. The first-order valence-electron chi connectivity index (χ1n) is 13.0. The van der Waals surface area contributed by atoms with Gasteiger partial charge in [-0.25, -0.2) is 12.8 Å². The van der Waals surface area contributed by atoms with Gasteiger partial charge >= 0.3 is 0 Å². The van der Waals surface area contributed by atoms with Crippen molar-refractivity contribution in [1.29, 1.82) is 0 Å². The Balaban J connectivity index is 1.35. The number of sulfonamides is 1. The van der Waals surface area contributed by atoms with Gasteiger partial charge in [-0.15, -0.1) is 0 Å². The SMILES string of the molecule is COc1ccc(F)cc1S(=O)(=O)N1CCC[C@@H](C(=O)N2C[C@H](C(=O)NCc3ccccc3)Oc3ccccc32)C1. The first kappa shape index (κ1) is 27.6. The van der Waals surface area contributed by atoms with Crippen LogP contribution in [0.2, 0.25) is 0 Å². The minimum atomic E-state index is -4.13. The first-order valence-corrected chi connectivity index (χ1v) is 14.4. The number of methoxy groups -OCH3 is 1. The van der Waals surface area contributed by atoms with Crippen LogP contribution >= 0.6 is 0 Å². The number of hydrogen-bond donors (Lipinski definition) is 1. The monoisotopic (exact) mass is 567 g/mol. The van der Waals surface area contributed by atoms with E-state index in [1.807, 2.05) is 30.3 Å². The Bertz CT molecular complexity index is 1500. The van der Waals surface area contributed by atoms with E-state index in [0.29, 0.717) is 30.8 Å². The van der Waals surface area contributed by atoms with Crippen LogP contribution in [-0.2, 0) is 26.2 Å². The molecule has 0 spiro atoms. The zero-order chi connectivity index (χ0) is 28.3. The van der Waals surface area contributed by atoms with Crippen molar-refractivity contribution in [1.82, 2.24) is 9.62 Å². The molecule has 3 aromatic carbocycles. The zero-order valence-electron chi connectivity index (χ0n) is 22.0. The number of nitrogens with zero attached hydrogens (tertiary/aromatic N) is 2. The summed E-state index contributed by atoms with van der Waals surface area (Å²) in [7, 11) is -2.82. The van der Waals surface area contributed by atoms with Crippen molar-refractivity contribution in [3.05, 3.63) is 84.2 Å². The number of amides is 2. The van der Waals surface area contributed by atoms with E-state index in [4.69, 9.17) is 9.47 Å². The fourth-order valence-electron chi connectivity index (χ4n) is 5.05. The molecule has 0 bridgehead atoms. The van der Waals surface area contributed by atoms with Crippen LogP contribution in [-0.4, -0.2) is 57.4 Å². The van der Waals surface area contributed by atoms with Crippen molar-refractivity contribution >= 4 is 27.5 Å². The molecule has 0 aromatic heterocycles. The van der Waals surface area contributed by atoms with Crippen LogP contribution in [0.3, 0.4) is 0 Å². The van der Waals surface area contributed by atoms with E-state index >= 15 is 0 Å². The molecule has 1 fully saturated rings. The summed E-state index contributed by atoms with van der Waals surface area (Å²) in [6.45, 7) is 0.410. The fourth-order valence-corrected chi connectivity index (χ4v) is 6.74. The smallest absolute Gasteiger partial charge is 0.263 e. The Morgan fingerprint density at radius 1 is 1.05 bits per heavy atom. The summed E-state index contributed by atoms with van der Waals surface area (Å²) in [4.78, 5) is 28.2. The Kier molecular flexibility index (Phi) is 8.04. The molecule has 2 amide bonds. The van der Waals surface area contributed by atoms with Crippen LogP contribution in [0.1, 0.15) is 18.4 Å². The van der Waals surface area contributed by atoms with Gasteiger partial charge in [0, 0.05) is 19.6 Å². The highest BCUT2D eigenvalue weighted by atomic mass is 32.2. The fraction of sp³-hybridized carbons (Fsp3) is 0.310. The summed E-state index contributed by atoms with van der Waals surface area (Å²) in [5.41, 5.74) is 1.45. The van der Waals surface area contributed by atoms with Crippen LogP contribution in [0.5, 0.6) is 11.5 Å². The lowest BCUT2D eigenvalue weighted by molar-refractivity contribution is -0.129. The Hall–Kier alpha value is -3.96. The number of carbonyl (C=O) groups excluding carboxylic acids is 2. The molecule has 11 heteroatoms. The minimum Gasteiger partial charge on any atom is -0.495 e. The molecular formula is C29H30FN3O6S. The summed E-state index contributed by atoms with van der Waals surface area (Å²) in [6, 6.07) is 19.7. The van der Waals surface area contributed by atoms with Crippen molar-refractivity contribution in [3.8, 4) is 11.5 Å². The molecule has 2 aliphatic heterocycles. The third kappa shape index (κ3) is 5.66. The van der Waals surface area contributed by atoms with Crippen LogP contribution in [0.25, 0.3) is 0 Å². The number of carbonyl (C=O) groups is 2. The molecule has 5 rings (SSSR count). The number of halogens is 1. The van der Waals surface area contributed by atoms with E-state index in [1.165, 1.54) is 22.4 Å². The van der Waals surface area contributed by atoms with Gasteiger partial charge < -0.3 is 19.7 Å². The lowest BCUT2D eigenvalue weighted by atomic mass is 9.97. The van der Waals surface area contributed by atoms with Crippen molar-refractivity contribution < 1.29 is 31.9 Å². The first-order chi connectivity index (χ1) is 19.3. The van der Waals surface area contributed by atoms with Gasteiger partial charge in [0.2, 0.25) is 15.9 Å². The van der Waals surface area contributed by atoms with E-state index in [1.54, 1.807) is 24.3 Å². The molecule has 2 heterocycles. The second-order valence-electron chi connectivity index (χ2n) is 9.72. The average Bonchev–Trinajstić information content (AvgIpc) is 2.99. The van der Waals surface area contributed by atoms with Crippen molar-refractivity contribution in [3.63, 3.8) is 0 Å². The summed E-state index contributed by atoms with van der Waals surface area (Å²) >= 11 is 0. The van der Waals surface area contributed by atoms with Gasteiger partial charge in [-0.05, 0) is 48.7 Å². The lowest BCUT2D eigenvalue weighted by Gasteiger charge is -2.38. The number of rotatable bonds is 7. The maximum Gasteiger partial charge on any atom is 0.263 e. The van der Waals surface area contributed by atoms with E-state index in [0.717, 1.165) is 17.7 Å². The highest BCUT2D eigenvalue weighted by Gasteiger charge is 2.40. The molecular weight excluding hydrogens is 537 g/mol. The number of hydrogen-bond acceptors (Lipinski definition) is 6. The second kappa shape index (κ2) is 11.6. The molecule has 0 saturated carbocycles. The van der Waals surface area contributed by atoms with E-state index in [9.17, 15) is 22.4 Å². The predicted octanol–water partition coefficient (Wildman–Crippen LogP) is 3.35. The van der Waals surface area contributed by atoms with Crippen molar-refractivity contribution in [2.24, 2.45) is 5.92 Å². The van der Waals surface area contributed by atoms with Crippen LogP contribution in [0.4, 0.5) is 10.1 Å². The van der Waals surface area contributed by atoms with E-state index in [-0.39, 0.29) is 42.1 Å². The largest absolute Gasteiger partial charge is 0.495 e. The number of ether oxygens (including phenoxy) is 2. The normalized spacial score (nSPS) is 19.3. The highest BCUT2D eigenvalue weighted by molar-refractivity contribution is 7.89. The molecule has 0 radical (unpaired) electrons. The highest BCUT2D eigenvalue weighted by Crippen LogP contribution is 2.36. The van der Waals surface area contributed by atoms with Crippen molar-refractivity contribution in [2.45, 2.75) is 30.4 Å². The number of para-hydroxylation sites is 2. The van der Waals surface area contributed by atoms with E-state index < -0.39 is 27.9 Å². The molecule has 0 aliphatic carbocycles. The summed E-state index contributed by atoms with van der Waals surface area (Å²) < 4.78 is 53.3. The molecule has 40 heavy (non-hydrogen) atoms. The Labute approximate surface area is 232 Å². The van der Waals surface area contributed by atoms with Crippen LogP contribution in [0.15, 0.2) is 77.7 Å². The number of piperidine rings is 1. The molecule has 1 N–H and O–H groups in total. The molecule has 3 aromatic rings. The Morgan fingerprint density at radius 3 is 2.58 bits per heavy atom. The zero-order valence-corrected chi connectivity index (χ0v) is 22.8. The van der Waals surface area contributed by atoms with Gasteiger partial charge in [-0.2, -0.15) is 4.31 Å². The third-order valence-corrected chi connectivity index (χ3v) is 9.00. The maximum atomic E-state index is 14.0. The molecule has 210 valence electrons. The average molecular weight is 568 g/mol. The van der Waals surface area contributed by atoms with Crippen molar-refractivity contribution in [2.75, 3.05) is 31.6 Å². The lowest BCUT2D eigenvalue weighted by Crippen LogP contribution is -2.53. The number of nitrogens with one attached hydrogen (secondary N) is 1. The molecule has 0 unspecified atom stereocenters. The predicted molar refractivity (Wildman–Crippen MR) is 146 cm³/mol. The van der Waals surface area contributed by atoms with Crippen LogP contribution < -0.4 is 19.7 Å². The number of fused-ring (bicyclic) bond motifs is 1. The van der Waals surface area contributed by atoms with Gasteiger partial charge in [0.15, 0.2) is 6.10 Å². The second-order valence-corrected chi connectivity index (χ2v) is 11.6. The molecule has 9 nitrogen and oxygen atoms in total. The topological polar surface area (TPSA) is 105 Å². The van der Waals surface area contributed by atoms with E-state index in [2.05, 4.69) is 5.32 Å².